The molecule has 100 valence electrons. The number of nitrogens with zero attached hydrogens (tertiary/aromatic N) is 3. The minimum Gasteiger partial charge on any atom is -0.348 e. The SMILES string of the molecule is CCC(C)NC(=O)c1cn(Cc2ccccc2)nn1. The van der Waals surface area contributed by atoms with E-state index < -0.39 is 0 Å². The van der Waals surface area contributed by atoms with Crippen molar-refractivity contribution in [3.63, 3.8) is 0 Å². The largest absolute Gasteiger partial charge is 0.348 e. The number of benzene rings is 1. The summed E-state index contributed by atoms with van der Waals surface area (Å²) in [6, 6.07) is 10.1. The quantitative estimate of drug-likeness (QED) is 0.890. The van der Waals surface area contributed by atoms with Crippen molar-refractivity contribution in [1.29, 1.82) is 0 Å². The van der Waals surface area contributed by atoms with E-state index in [1.54, 1.807) is 10.9 Å². The summed E-state index contributed by atoms with van der Waals surface area (Å²) in [5, 5.41) is 10.7. The van der Waals surface area contributed by atoms with Crippen LogP contribution in [-0.4, -0.2) is 26.9 Å². The van der Waals surface area contributed by atoms with Crippen molar-refractivity contribution in [3.8, 4) is 0 Å². The molecule has 1 N–H and O–H groups in total. The van der Waals surface area contributed by atoms with Crippen LogP contribution in [0.4, 0.5) is 0 Å². The fourth-order valence-electron chi connectivity index (χ4n) is 1.65. The molecule has 19 heavy (non-hydrogen) atoms. The molecule has 1 amide bonds. The number of hydrogen-bond acceptors (Lipinski definition) is 3. The molecule has 1 aromatic heterocycles. The summed E-state index contributed by atoms with van der Waals surface area (Å²) in [6.07, 6.45) is 2.56. The van der Waals surface area contributed by atoms with Crippen LogP contribution in [-0.2, 0) is 6.54 Å². The summed E-state index contributed by atoms with van der Waals surface area (Å²) in [4.78, 5) is 11.9. The summed E-state index contributed by atoms with van der Waals surface area (Å²) in [7, 11) is 0. The van der Waals surface area contributed by atoms with E-state index in [1.165, 1.54) is 0 Å². The minimum absolute atomic E-state index is 0.145. The Hall–Kier alpha value is -2.17. The van der Waals surface area contributed by atoms with Gasteiger partial charge >= 0.3 is 0 Å². The van der Waals surface area contributed by atoms with Crippen molar-refractivity contribution < 1.29 is 4.79 Å². The molecule has 0 bridgehead atoms. The Balaban J connectivity index is 2.01. The lowest BCUT2D eigenvalue weighted by Gasteiger charge is -2.08. The van der Waals surface area contributed by atoms with Crippen molar-refractivity contribution in [2.75, 3.05) is 0 Å². The zero-order valence-electron chi connectivity index (χ0n) is 11.2. The molecular formula is C14H18N4O. The lowest BCUT2D eigenvalue weighted by atomic mass is 10.2. The second kappa shape index (κ2) is 6.13. The van der Waals surface area contributed by atoms with Gasteiger partial charge in [0.15, 0.2) is 5.69 Å². The van der Waals surface area contributed by atoms with Crippen molar-refractivity contribution in [2.45, 2.75) is 32.9 Å². The third-order valence-corrected chi connectivity index (χ3v) is 2.95. The molecule has 1 heterocycles. The van der Waals surface area contributed by atoms with E-state index in [0.717, 1.165) is 12.0 Å². The first-order valence-electron chi connectivity index (χ1n) is 6.44. The van der Waals surface area contributed by atoms with Gasteiger partial charge in [0.05, 0.1) is 12.7 Å². The van der Waals surface area contributed by atoms with Crippen LogP contribution in [0.5, 0.6) is 0 Å². The monoisotopic (exact) mass is 258 g/mol. The molecule has 0 radical (unpaired) electrons. The van der Waals surface area contributed by atoms with E-state index in [0.29, 0.717) is 12.2 Å². The second-order valence-corrected chi connectivity index (χ2v) is 4.57. The molecule has 2 rings (SSSR count). The van der Waals surface area contributed by atoms with E-state index in [1.807, 2.05) is 44.2 Å². The molecule has 5 nitrogen and oxygen atoms in total. The number of carbonyl (C=O) groups excluding carboxylic acids is 1. The van der Waals surface area contributed by atoms with Gasteiger partial charge < -0.3 is 5.32 Å². The molecule has 0 saturated carbocycles. The Labute approximate surface area is 112 Å². The molecule has 2 aromatic rings. The van der Waals surface area contributed by atoms with Gasteiger partial charge in [-0.3, -0.25) is 4.79 Å². The Bertz CT molecular complexity index is 535. The van der Waals surface area contributed by atoms with Gasteiger partial charge in [-0.25, -0.2) is 4.68 Å². The molecule has 1 atom stereocenters. The summed E-state index contributed by atoms with van der Waals surface area (Å²) < 4.78 is 1.67. The van der Waals surface area contributed by atoms with Crippen LogP contribution in [0.2, 0.25) is 0 Å². The fraction of sp³-hybridized carbons (Fsp3) is 0.357. The molecule has 0 spiro atoms. The number of amides is 1. The Morgan fingerprint density at radius 2 is 2.11 bits per heavy atom. The number of nitrogens with one attached hydrogen (secondary N) is 1. The van der Waals surface area contributed by atoms with Gasteiger partial charge in [0.2, 0.25) is 0 Å². The standard InChI is InChI=1S/C14H18N4O/c1-3-11(2)15-14(19)13-10-18(17-16-13)9-12-7-5-4-6-8-12/h4-8,10-11H,3,9H2,1-2H3,(H,15,19). The molecule has 0 saturated heterocycles. The molecular weight excluding hydrogens is 240 g/mol. The lowest BCUT2D eigenvalue weighted by molar-refractivity contribution is 0.0934. The first kappa shape index (κ1) is 13.3. The minimum atomic E-state index is -0.173. The van der Waals surface area contributed by atoms with Gasteiger partial charge in [0.1, 0.15) is 0 Å². The van der Waals surface area contributed by atoms with E-state index in [9.17, 15) is 4.79 Å². The van der Waals surface area contributed by atoms with Gasteiger partial charge in [-0.05, 0) is 18.9 Å². The summed E-state index contributed by atoms with van der Waals surface area (Å²) in [5.74, 6) is -0.173. The maximum absolute atomic E-state index is 11.9. The topological polar surface area (TPSA) is 59.8 Å². The maximum Gasteiger partial charge on any atom is 0.273 e. The maximum atomic E-state index is 11.9. The van der Waals surface area contributed by atoms with Gasteiger partial charge in [0.25, 0.3) is 5.91 Å². The summed E-state index contributed by atoms with van der Waals surface area (Å²) in [5.41, 5.74) is 1.48. The van der Waals surface area contributed by atoms with Crippen molar-refractivity contribution in [3.05, 3.63) is 47.8 Å². The fourth-order valence-corrected chi connectivity index (χ4v) is 1.65. The van der Waals surface area contributed by atoms with Crippen LogP contribution in [0.3, 0.4) is 0 Å². The van der Waals surface area contributed by atoms with E-state index in [4.69, 9.17) is 0 Å². The van der Waals surface area contributed by atoms with Crippen molar-refractivity contribution >= 4 is 5.91 Å². The average molecular weight is 258 g/mol. The molecule has 0 fully saturated rings. The van der Waals surface area contributed by atoms with Crippen LogP contribution in [0.1, 0.15) is 36.3 Å². The highest BCUT2D eigenvalue weighted by Crippen LogP contribution is 2.02. The zero-order valence-corrected chi connectivity index (χ0v) is 11.2. The molecule has 0 aliphatic rings. The second-order valence-electron chi connectivity index (χ2n) is 4.57. The smallest absolute Gasteiger partial charge is 0.273 e. The first-order valence-corrected chi connectivity index (χ1v) is 6.44. The van der Waals surface area contributed by atoms with Gasteiger partial charge in [-0.15, -0.1) is 5.10 Å². The van der Waals surface area contributed by atoms with Crippen LogP contribution in [0.25, 0.3) is 0 Å². The Kier molecular flexibility index (Phi) is 4.28. The summed E-state index contributed by atoms with van der Waals surface area (Å²) >= 11 is 0. The van der Waals surface area contributed by atoms with Crippen LogP contribution < -0.4 is 5.32 Å². The summed E-state index contributed by atoms with van der Waals surface area (Å²) in [6.45, 7) is 4.61. The predicted octanol–water partition coefficient (Wildman–Crippen LogP) is 1.85. The molecule has 1 unspecified atom stereocenters. The third kappa shape index (κ3) is 3.64. The predicted molar refractivity (Wildman–Crippen MR) is 72.8 cm³/mol. The van der Waals surface area contributed by atoms with E-state index >= 15 is 0 Å². The highest BCUT2D eigenvalue weighted by molar-refractivity contribution is 5.92. The third-order valence-electron chi connectivity index (χ3n) is 2.95. The number of carbonyl (C=O) groups is 1. The zero-order chi connectivity index (χ0) is 13.7. The van der Waals surface area contributed by atoms with Crippen molar-refractivity contribution in [1.82, 2.24) is 20.3 Å². The lowest BCUT2D eigenvalue weighted by Crippen LogP contribution is -2.32. The molecule has 5 heteroatoms. The van der Waals surface area contributed by atoms with Gasteiger partial charge in [0, 0.05) is 6.04 Å². The van der Waals surface area contributed by atoms with Crippen LogP contribution in [0.15, 0.2) is 36.5 Å². The van der Waals surface area contributed by atoms with Crippen molar-refractivity contribution in [2.24, 2.45) is 0 Å². The van der Waals surface area contributed by atoms with E-state index in [-0.39, 0.29) is 11.9 Å². The number of aromatic nitrogens is 3. The van der Waals surface area contributed by atoms with Crippen LogP contribution >= 0.6 is 0 Å². The first-order chi connectivity index (χ1) is 9.19. The molecule has 0 aliphatic carbocycles. The van der Waals surface area contributed by atoms with Gasteiger partial charge in [-0.1, -0.05) is 42.5 Å². The number of rotatable bonds is 5. The molecule has 0 aliphatic heterocycles. The highest BCUT2D eigenvalue weighted by atomic mass is 16.2. The highest BCUT2D eigenvalue weighted by Gasteiger charge is 2.12. The Morgan fingerprint density at radius 1 is 1.37 bits per heavy atom. The van der Waals surface area contributed by atoms with Gasteiger partial charge in [-0.2, -0.15) is 0 Å². The van der Waals surface area contributed by atoms with E-state index in [2.05, 4.69) is 15.6 Å². The Morgan fingerprint density at radius 3 is 2.79 bits per heavy atom. The normalized spacial score (nSPS) is 12.1. The van der Waals surface area contributed by atoms with Crippen LogP contribution in [0, 0.1) is 0 Å². The molecule has 1 aromatic carbocycles. The number of hydrogen-bond donors (Lipinski definition) is 1. The average Bonchev–Trinajstić information content (AvgIpc) is 2.88.